The van der Waals surface area contributed by atoms with Crippen molar-refractivity contribution in [3.8, 4) is 0 Å². The van der Waals surface area contributed by atoms with Crippen LogP contribution < -0.4 is 5.73 Å². The van der Waals surface area contributed by atoms with Crippen molar-refractivity contribution in [3.63, 3.8) is 0 Å². The molecular formula is C16H25N3S. The Morgan fingerprint density at radius 3 is 2.80 bits per heavy atom. The maximum Gasteiger partial charge on any atom is 0.122 e. The molecule has 0 aromatic heterocycles. The van der Waals surface area contributed by atoms with Crippen LogP contribution in [0.3, 0.4) is 0 Å². The lowest BCUT2D eigenvalue weighted by atomic mass is 10.0. The molecule has 0 aliphatic carbocycles. The number of hydrogen-bond acceptors (Lipinski definition) is 3. The van der Waals surface area contributed by atoms with Gasteiger partial charge in [0.2, 0.25) is 0 Å². The van der Waals surface area contributed by atoms with Crippen LogP contribution >= 0.6 is 11.8 Å². The maximum atomic E-state index is 7.49. The predicted molar refractivity (Wildman–Crippen MR) is 88.6 cm³/mol. The van der Waals surface area contributed by atoms with Gasteiger partial charge in [-0.05, 0) is 37.1 Å². The van der Waals surface area contributed by atoms with Crippen molar-refractivity contribution in [2.45, 2.75) is 38.5 Å². The van der Waals surface area contributed by atoms with E-state index in [2.05, 4.69) is 43.5 Å². The van der Waals surface area contributed by atoms with Gasteiger partial charge in [-0.15, -0.1) is 0 Å². The molecule has 1 aliphatic heterocycles. The third kappa shape index (κ3) is 4.00. The molecule has 1 heterocycles. The van der Waals surface area contributed by atoms with Crippen LogP contribution in [0, 0.1) is 12.3 Å². The molecule has 0 bridgehead atoms. The van der Waals surface area contributed by atoms with Gasteiger partial charge in [0.25, 0.3) is 0 Å². The largest absolute Gasteiger partial charge is 0.384 e. The summed E-state index contributed by atoms with van der Waals surface area (Å²) >= 11 is 2.08. The molecule has 1 aromatic rings. The number of benzene rings is 1. The Morgan fingerprint density at radius 2 is 2.15 bits per heavy atom. The van der Waals surface area contributed by atoms with Crippen LogP contribution in [0.15, 0.2) is 18.2 Å². The summed E-state index contributed by atoms with van der Waals surface area (Å²) in [6, 6.07) is 6.10. The van der Waals surface area contributed by atoms with Crippen LogP contribution in [0.2, 0.25) is 0 Å². The molecule has 3 N–H and O–H groups in total. The number of nitrogens with zero attached hydrogens (tertiary/aromatic N) is 1. The van der Waals surface area contributed by atoms with Crippen LogP contribution in [0.4, 0.5) is 0 Å². The number of nitrogens with one attached hydrogen (secondary N) is 1. The van der Waals surface area contributed by atoms with Gasteiger partial charge in [0.1, 0.15) is 5.84 Å². The smallest absolute Gasteiger partial charge is 0.122 e. The minimum atomic E-state index is 0.146. The summed E-state index contributed by atoms with van der Waals surface area (Å²) in [5.41, 5.74) is 8.93. The molecule has 0 saturated carbocycles. The molecule has 1 aromatic carbocycles. The van der Waals surface area contributed by atoms with E-state index in [4.69, 9.17) is 11.1 Å². The van der Waals surface area contributed by atoms with Crippen LogP contribution in [0.25, 0.3) is 0 Å². The molecule has 2 rings (SSSR count). The topological polar surface area (TPSA) is 53.1 Å². The number of nitrogens with two attached hydrogens (primary N) is 1. The van der Waals surface area contributed by atoms with Gasteiger partial charge in [-0.3, -0.25) is 10.3 Å². The fourth-order valence-corrected chi connectivity index (χ4v) is 3.64. The molecule has 0 spiro atoms. The Kier molecular flexibility index (Phi) is 4.76. The first-order valence-electron chi connectivity index (χ1n) is 7.18. The molecule has 1 saturated heterocycles. The molecule has 0 amide bonds. The zero-order valence-electron chi connectivity index (χ0n) is 12.7. The Hall–Kier alpha value is -1.000. The van der Waals surface area contributed by atoms with Crippen LogP contribution in [0.1, 0.15) is 37.0 Å². The molecule has 0 unspecified atom stereocenters. The minimum Gasteiger partial charge on any atom is -0.384 e. The van der Waals surface area contributed by atoms with Crippen LogP contribution in [0.5, 0.6) is 0 Å². The van der Waals surface area contributed by atoms with E-state index in [0.29, 0.717) is 4.75 Å². The number of rotatable bonds is 3. The molecule has 20 heavy (non-hydrogen) atoms. The zero-order chi connectivity index (χ0) is 14.8. The third-order valence-electron chi connectivity index (χ3n) is 3.98. The van der Waals surface area contributed by atoms with Gasteiger partial charge in [0.15, 0.2) is 0 Å². The number of aryl methyl sites for hydroxylation is 1. The summed E-state index contributed by atoms with van der Waals surface area (Å²) in [6.07, 6.45) is 1.24. The van der Waals surface area contributed by atoms with Crippen molar-refractivity contribution in [2.24, 2.45) is 5.73 Å². The van der Waals surface area contributed by atoms with Crippen LogP contribution in [-0.2, 0) is 6.54 Å². The van der Waals surface area contributed by atoms with Gasteiger partial charge in [-0.2, -0.15) is 11.8 Å². The monoisotopic (exact) mass is 291 g/mol. The van der Waals surface area contributed by atoms with E-state index in [1.807, 2.05) is 12.1 Å². The minimum absolute atomic E-state index is 0.146. The normalized spacial score (nSPS) is 19.6. The van der Waals surface area contributed by atoms with Crippen molar-refractivity contribution in [1.82, 2.24) is 4.90 Å². The van der Waals surface area contributed by atoms with Gasteiger partial charge in [-0.25, -0.2) is 0 Å². The highest BCUT2D eigenvalue weighted by Crippen LogP contribution is 2.31. The number of nitrogen functional groups attached to an aromatic ring is 1. The highest BCUT2D eigenvalue weighted by molar-refractivity contribution is 8.00. The van der Waals surface area contributed by atoms with E-state index in [0.717, 1.165) is 25.2 Å². The summed E-state index contributed by atoms with van der Waals surface area (Å²) in [4.78, 5) is 2.54. The lowest BCUT2D eigenvalue weighted by Gasteiger charge is -2.23. The lowest BCUT2D eigenvalue weighted by molar-refractivity contribution is 0.276. The average Bonchev–Trinajstić information content (AvgIpc) is 2.53. The molecule has 110 valence electrons. The highest BCUT2D eigenvalue weighted by atomic mass is 32.2. The third-order valence-corrected chi connectivity index (χ3v) is 5.35. The fraction of sp³-hybridized carbons (Fsp3) is 0.562. The predicted octanol–water partition coefficient (Wildman–Crippen LogP) is 3.00. The average molecular weight is 291 g/mol. The number of hydrogen-bond donors (Lipinski definition) is 2. The molecule has 4 heteroatoms. The fourth-order valence-electron chi connectivity index (χ4n) is 2.50. The summed E-state index contributed by atoms with van der Waals surface area (Å²) in [7, 11) is 0. The molecule has 1 aliphatic rings. The van der Waals surface area contributed by atoms with E-state index in [1.54, 1.807) is 0 Å². The van der Waals surface area contributed by atoms with Crippen molar-refractivity contribution in [3.05, 3.63) is 34.9 Å². The zero-order valence-corrected chi connectivity index (χ0v) is 13.5. The maximum absolute atomic E-state index is 7.49. The second-order valence-corrected chi connectivity index (χ2v) is 7.99. The van der Waals surface area contributed by atoms with Crippen molar-refractivity contribution in [1.29, 1.82) is 5.41 Å². The first kappa shape index (κ1) is 15.4. The van der Waals surface area contributed by atoms with Crippen LogP contribution in [-0.4, -0.2) is 34.3 Å². The first-order valence-corrected chi connectivity index (χ1v) is 8.16. The van der Waals surface area contributed by atoms with E-state index in [9.17, 15) is 0 Å². The lowest BCUT2D eigenvalue weighted by Crippen LogP contribution is -2.27. The summed E-state index contributed by atoms with van der Waals surface area (Å²) in [6.45, 7) is 10.1. The van der Waals surface area contributed by atoms with Gasteiger partial charge in [0.05, 0.1) is 0 Å². The number of thioether (sulfide) groups is 1. The Labute approximate surface area is 126 Å². The molecule has 3 nitrogen and oxygen atoms in total. The second kappa shape index (κ2) is 6.19. The first-order chi connectivity index (χ1) is 9.37. The Bertz CT molecular complexity index is 496. The molecular weight excluding hydrogens is 266 g/mol. The summed E-state index contributed by atoms with van der Waals surface area (Å²) in [5, 5.41) is 7.49. The second-order valence-electron chi connectivity index (χ2n) is 6.19. The summed E-state index contributed by atoms with van der Waals surface area (Å²) in [5.74, 6) is 1.35. The van der Waals surface area contributed by atoms with E-state index < -0.39 is 0 Å². The highest BCUT2D eigenvalue weighted by Gasteiger charge is 2.23. The van der Waals surface area contributed by atoms with E-state index >= 15 is 0 Å². The van der Waals surface area contributed by atoms with Gasteiger partial charge >= 0.3 is 0 Å². The van der Waals surface area contributed by atoms with E-state index in [-0.39, 0.29) is 5.84 Å². The molecule has 1 fully saturated rings. The van der Waals surface area contributed by atoms with Crippen molar-refractivity contribution in [2.75, 3.05) is 18.8 Å². The van der Waals surface area contributed by atoms with Crippen molar-refractivity contribution < 1.29 is 0 Å². The SMILES string of the molecule is Cc1cc(C(=N)N)ccc1CN1CCSC(C)(C)CC1. The summed E-state index contributed by atoms with van der Waals surface area (Å²) < 4.78 is 0.405. The number of amidine groups is 1. The Morgan fingerprint density at radius 1 is 1.40 bits per heavy atom. The van der Waals surface area contributed by atoms with Gasteiger partial charge in [-0.1, -0.05) is 26.0 Å². The molecule has 0 radical (unpaired) electrons. The standard InChI is InChI=1S/C16H25N3S/c1-12-10-13(15(17)18)4-5-14(12)11-19-7-6-16(2,3)20-9-8-19/h4-5,10H,6-9,11H2,1-3H3,(H3,17,18). The van der Waals surface area contributed by atoms with Crippen molar-refractivity contribution >= 4 is 17.6 Å². The quantitative estimate of drug-likeness (QED) is 0.665. The molecule has 0 atom stereocenters. The Balaban J connectivity index is 2.05. The van der Waals surface area contributed by atoms with Gasteiger partial charge in [0, 0.05) is 29.2 Å². The van der Waals surface area contributed by atoms with Gasteiger partial charge < -0.3 is 5.73 Å². The van der Waals surface area contributed by atoms with E-state index in [1.165, 1.54) is 23.3 Å².